The Morgan fingerprint density at radius 2 is 1.59 bits per heavy atom. The first-order valence-corrected chi connectivity index (χ1v) is 14.2. The molecule has 208 valence electrons. The SMILES string of the molecule is COc1ccc(CN2C(=O)/C(=C/c3ccc(OCc4ccc(Cl)c(Cl)c4)c(OC)c3)SC2=Nc2ccccc2)cc1. The molecule has 0 aromatic heterocycles. The number of para-hydroxylation sites is 1. The second-order valence-electron chi connectivity index (χ2n) is 9.03. The molecule has 9 heteroatoms. The van der Waals surface area contributed by atoms with E-state index in [9.17, 15) is 4.79 Å². The number of methoxy groups -OCH3 is 2. The van der Waals surface area contributed by atoms with E-state index in [1.54, 1.807) is 31.3 Å². The Hall–Kier alpha value is -3.91. The van der Waals surface area contributed by atoms with Crippen molar-refractivity contribution in [1.29, 1.82) is 0 Å². The third-order valence-electron chi connectivity index (χ3n) is 6.23. The first kappa shape index (κ1) is 28.6. The van der Waals surface area contributed by atoms with Gasteiger partial charge in [-0.3, -0.25) is 9.69 Å². The summed E-state index contributed by atoms with van der Waals surface area (Å²) in [5, 5.41) is 1.57. The van der Waals surface area contributed by atoms with Crippen molar-refractivity contribution < 1.29 is 19.0 Å². The van der Waals surface area contributed by atoms with Crippen molar-refractivity contribution >= 4 is 57.8 Å². The minimum atomic E-state index is -0.126. The van der Waals surface area contributed by atoms with Crippen molar-refractivity contribution in [1.82, 2.24) is 4.90 Å². The van der Waals surface area contributed by atoms with Crippen molar-refractivity contribution in [2.75, 3.05) is 14.2 Å². The molecule has 0 aliphatic carbocycles. The number of thioether (sulfide) groups is 1. The average molecular weight is 606 g/mol. The minimum Gasteiger partial charge on any atom is -0.497 e. The molecule has 0 bridgehead atoms. The Morgan fingerprint density at radius 3 is 2.29 bits per heavy atom. The van der Waals surface area contributed by atoms with E-state index in [0.29, 0.717) is 44.8 Å². The van der Waals surface area contributed by atoms with Gasteiger partial charge in [-0.05, 0) is 83.1 Å². The second-order valence-corrected chi connectivity index (χ2v) is 10.9. The van der Waals surface area contributed by atoms with E-state index in [1.807, 2.05) is 84.9 Å². The molecule has 0 radical (unpaired) electrons. The maximum atomic E-state index is 13.6. The standard InChI is InChI=1S/C32H26Cl2N2O4S/c1-38-25-12-8-21(9-13-25)19-36-31(37)30(41-32(36)35-24-6-4-3-5-7-24)18-22-11-15-28(29(17-22)39-2)40-20-23-10-14-26(33)27(34)16-23/h3-18H,19-20H2,1-2H3/b30-18-,35-32?. The van der Waals surface area contributed by atoms with Gasteiger partial charge in [-0.25, -0.2) is 4.99 Å². The van der Waals surface area contributed by atoms with E-state index < -0.39 is 0 Å². The molecule has 4 aromatic rings. The topological polar surface area (TPSA) is 60.4 Å². The molecule has 0 saturated carbocycles. The molecule has 1 heterocycles. The number of carbonyl (C=O) groups excluding carboxylic acids is 1. The number of aliphatic imine (C=N–C) groups is 1. The molecule has 4 aromatic carbocycles. The monoisotopic (exact) mass is 604 g/mol. The number of rotatable bonds is 9. The van der Waals surface area contributed by atoms with Gasteiger partial charge in [-0.15, -0.1) is 0 Å². The fourth-order valence-electron chi connectivity index (χ4n) is 4.09. The van der Waals surface area contributed by atoms with Crippen LogP contribution in [0.15, 0.2) is 101 Å². The molecule has 5 rings (SSSR count). The van der Waals surface area contributed by atoms with E-state index in [-0.39, 0.29) is 5.91 Å². The number of ether oxygens (including phenoxy) is 3. The molecule has 41 heavy (non-hydrogen) atoms. The summed E-state index contributed by atoms with van der Waals surface area (Å²) in [6.45, 7) is 0.672. The van der Waals surface area contributed by atoms with E-state index in [0.717, 1.165) is 28.1 Å². The first-order chi connectivity index (χ1) is 19.9. The van der Waals surface area contributed by atoms with Crippen LogP contribution < -0.4 is 14.2 Å². The van der Waals surface area contributed by atoms with Gasteiger partial charge in [0.1, 0.15) is 12.4 Å². The number of amides is 1. The van der Waals surface area contributed by atoms with Gasteiger partial charge in [0, 0.05) is 0 Å². The zero-order valence-electron chi connectivity index (χ0n) is 22.3. The maximum absolute atomic E-state index is 13.6. The second kappa shape index (κ2) is 13.2. The molecule has 1 aliphatic rings. The number of halogens is 2. The Kier molecular flexibility index (Phi) is 9.19. The number of carbonyl (C=O) groups is 1. The van der Waals surface area contributed by atoms with E-state index >= 15 is 0 Å². The molecule has 0 spiro atoms. The van der Waals surface area contributed by atoms with E-state index in [2.05, 4.69) is 0 Å². The fraction of sp³-hybridized carbons (Fsp3) is 0.125. The van der Waals surface area contributed by atoms with Crippen molar-refractivity contribution in [2.24, 2.45) is 4.99 Å². The van der Waals surface area contributed by atoms with Crippen LogP contribution in [0.2, 0.25) is 10.0 Å². The predicted octanol–water partition coefficient (Wildman–Crippen LogP) is 8.39. The molecular formula is C32H26Cl2N2O4S. The summed E-state index contributed by atoms with van der Waals surface area (Å²) in [5.41, 5.74) is 3.41. The number of amidine groups is 1. The van der Waals surface area contributed by atoms with Crippen LogP contribution in [0.25, 0.3) is 6.08 Å². The number of nitrogens with zero attached hydrogens (tertiary/aromatic N) is 2. The Morgan fingerprint density at radius 1 is 0.829 bits per heavy atom. The summed E-state index contributed by atoms with van der Waals surface area (Å²) in [6, 6.07) is 28.1. The van der Waals surface area contributed by atoms with Crippen LogP contribution in [0.3, 0.4) is 0 Å². The first-order valence-electron chi connectivity index (χ1n) is 12.7. The normalized spacial score (nSPS) is 15.0. The minimum absolute atomic E-state index is 0.126. The number of hydrogen-bond acceptors (Lipinski definition) is 6. The highest BCUT2D eigenvalue weighted by molar-refractivity contribution is 8.18. The van der Waals surface area contributed by atoms with Crippen molar-refractivity contribution in [3.63, 3.8) is 0 Å². The lowest BCUT2D eigenvalue weighted by molar-refractivity contribution is -0.122. The van der Waals surface area contributed by atoms with E-state index in [4.69, 9.17) is 42.4 Å². The summed E-state index contributed by atoms with van der Waals surface area (Å²) in [6.07, 6.45) is 1.84. The lowest BCUT2D eigenvalue weighted by Crippen LogP contribution is -2.28. The van der Waals surface area contributed by atoms with Crippen molar-refractivity contribution in [3.05, 3.63) is 123 Å². The molecule has 0 unspecified atom stereocenters. The smallest absolute Gasteiger partial charge is 0.267 e. The third-order valence-corrected chi connectivity index (χ3v) is 7.98. The summed E-state index contributed by atoms with van der Waals surface area (Å²) in [4.78, 5) is 20.7. The van der Waals surface area contributed by atoms with Gasteiger partial charge in [0.15, 0.2) is 16.7 Å². The molecule has 1 fully saturated rings. The van der Waals surface area contributed by atoms with Gasteiger partial charge >= 0.3 is 0 Å². The maximum Gasteiger partial charge on any atom is 0.267 e. The van der Waals surface area contributed by atoms with Gasteiger partial charge in [0.25, 0.3) is 5.91 Å². The molecule has 1 amide bonds. The van der Waals surface area contributed by atoms with Gasteiger partial charge in [0.05, 0.1) is 41.4 Å². The lowest BCUT2D eigenvalue weighted by atomic mass is 10.1. The average Bonchev–Trinajstić information content (AvgIpc) is 3.27. The quantitative estimate of drug-likeness (QED) is 0.179. The van der Waals surface area contributed by atoms with Gasteiger partial charge in [-0.1, -0.05) is 65.7 Å². The fourth-order valence-corrected chi connectivity index (χ4v) is 5.41. The Balaban J connectivity index is 1.39. The molecule has 0 N–H and O–H groups in total. The highest BCUT2D eigenvalue weighted by Gasteiger charge is 2.33. The van der Waals surface area contributed by atoms with Crippen LogP contribution in [0.1, 0.15) is 16.7 Å². The van der Waals surface area contributed by atoms with Crippen LogP contribution in [0.5, 0.6) is 17.2 Å². The summed E-state index contributed by atoms with van der Waals surface area (Å²) in [5.74, 6) is 1.74. The molecule has 0 atom stereocenters. The van der Waals surface area contributed by atoms with Crippen molar-refractivity contribution in [2.45, 2.75) is 13.2 Å². The third kappa shape index (κ3) is 7.06. The van der Waals surface area contributed by atoms with Gasteiger partial charge < -0.3 is 14.2 Å². The summed E-state index contributed by atoms with van der Waals surface area (Å²) >= 11 is 13.5. The van der Waals surface area contributed by atoms with Gasteiger partial charge in [-0.2, -0.15) is 0 Å². The Bertz CT molecular complexity index is 1610. The molecular weight excluding hydrogens is 579 g/mol. The largest absolute Gasteiger partial charge is 0.497 e. The molecule has 1 saturated heterocycles. The van der Waals surface area contributed by atoms with Crippen LogP contribution >= 0.6 is 35.0 Å². The van der Waals surface area contributed by atoms with Crippen LogP contribution in [-0.2, 0) is 17.9 Å². The Labute approximate surface area is 253 Å². The van der Waals surface area contributed by atoms with Gasteiger partial charge in [0.2, 0.25) is 0 Å². The van der Waals surface area contributed by atoms with Crippen LogP contribution in [0, 0.1) is 0 Å². The number of hydrogen-bond donors (Lipinski definition) is 0. The predicted molar refractivity (Wildman–Crippen MR) is 166 cm³/mol. The zero-order chi connectivity index (χ0) is 28.8. The van der Waals surface area contributed by atoms with Crippen LogP contribution in [0.4, 0.5) is 5.69 Å². The van der Waals surface area contributed by atoms with Crippen molar-refractivity contribution in [3.8, 4) is 17.2 Å². The number of benzene rings is 4. The summed E-state index contributed by atoms with van der Waals surface area (Å²) < 4.78 is 16.8. The zero-order valence-corrected chi connectivity index (χ0v) is 24.7. The molecule has 1 aliphatic heterocycles. The highest BCUT2D eigenvalue weighted by atomic mass is 35.5. The highest BCUT2D eigenvalue weighted by Crippen LogP contribution is 2.37. The molecule has 6 nitrogen and oxygen atoms in total. The summed E-state index contributed by atoms with van der Waals surface area (Å²) in [7, 11) is 3.20. The van der Waals surface area contributed by atoms with Crippen LogP contribution in [-0.4, -0.2) is 30.2 Å². The lowest BCUT2D eigenvalue weighted by Gasteiger charge is -2.16. The van der Waals surface area contributed by atoms with E-state index in [1.165, 1.54) is 11.8 Å².